The highest BCUT2D eigenvalue weighted by Crippen LogP contribution is 2.55. The first-order valence-corrected chi connectivity index (χ1v) is 12.0. The lowest BCUT2D eigenvalue weighted by Crippen LogP contribution is -2.33. The van der Waals surface area contributed by atoms with Crippen LogP contribution in [0.2, 0.25) is 0 Å². The average Bonchev–Trinajstić information content (AvgIpc) is 2.78. The van der Waals surface area contributed by atoms with Crippen molar-refractivity contribution < 1.29 is 4.79 Å². The van der Waals surface area contributed by atoms with Crippen LogP contribution < -0.4 is 21.2 Å². The van der Waals surface area contributed by atoms with Crippen molar-refractivity contribution in [3.8, 4) is 0 Å². The van der Waals surface area contributed by atoms with E-state index in [4.69, 9.17) is 0 Å². The van der Waals surface area contributed by atoms with Crippen LogP contribution in [0.1, 0.15) is 25.7 Å². The maximum atomic E-state index is 11.5. The first-order valence-electron chi connectivity index (χ1n) is 10.0. The molecule has 3 rings (SSSR count). The summed E-state index contributed by atoms with van der Waals surface area (Å²) in [7, 11) is -0.0172. The van der Waals surface area contributed by atoms with Crippen molar-refractivity contribution in [1.82, 2.24) is 5.32 Å². The van der Waals surface area contributed by atoms with E-state index in [9.17, 15) is 4.79 Å². The minimum atomic E-state index is -1.72. The molecule has 28 heavy (non-hydrogen) atoms. The fourth-order valence-corrected chi connectivity index (χ4v) is 8.23. The largest absolute Gasteiger partial charge is 0.359 e. The normalized spacial score (nSPS) is 11.2. The van der Waals surface area contributed by atoms with Crippen LogP contribution in [0.3, 0.4) is 0 Å². The van der Waals surface area contributed by atoms with E-state index in [-0.39, 0.29) is 5.91 Å². The van der Waals surface area contributed by atoms with E-state index in [1.165, 1.54) is 15.9 Å². The van der Waals surface area contributed by atoms with Crippen LogP contribution in [0.15, 0.2) is 91.0 Å². The van der Waals surface area contributed by atoms with E-state index < -0.39 is 7.26 Å². The van der Waals surface area contributed by atoms with Crippen LogP contribution in [-0.2, 0) is 4.79 Å². The number of unbranched alkanes of at least 4 members (excludes halogenated alkanes) is 2. The van der Waals surface area contributed by atoms with E-state index in [1.54, 1.807) is 7.05 Å². The fraction of sp³-hybridized carbons (Fsp3) is 0.240. The second-order valence-corrected chi connectivity index (χ2v) is 10.6. The highest BCUT2D eigenvalue weighted by molar-refractivity contribution is 7.95. The Morgan fingerprint density at radius 1 is 0.679 bits per heavy atom. The predicted molar refractivity (Wildman–Crippen MR) is 123 cm³/mol. The van der Waals surface area contributed by atoms with E-state index in [0.717, 1.165) is 25.4 Å². The molecular formula is C25H29NOP+. The Bertz CT molecular complexity index is 753. The smallest absolute Gasteiger partial charge is 0.219 e. The molecule has 0 aromatic heterocycles. The van der Waals surface area contributed by atoms with E-state index in [1.807, 2.05) is 0 Å². The number of benzene rings is 3. The minimum absolute atomic E-state index is 0.134. The van der Waals surface area contributed by atoms with Crippen LogP contribution >= 0.6 is 7.26 Å². The van der Waals surface area contributed by atoms with Gasteiger partial charge in [0.05, 0.1) is 6.16 Å². The second-order valence-electron chi connectivity index (χ2n) is 7.02. The summed E-state index contributed by atoms with van der Waals surface area (Å²) in [4.78, 5) is 11.5. The topological polar surface area (TPSA) is 29.1 Å². The number of hydrogen-bond acceptors (Lipinski definition) is 1. The monoisotopic (exact) mass is 390 g/mol. The summed E-state index contributed by atoms with van der Waals surface area (Å²) >= 11 is 0. The maximum Gasteiger partial charge on any atom is 0.219 e. The lowest BCUT2D eigenvalue weighted by Gasteiger charge is -2.27. The van der Waals surface area contributed by atoms with Crippen molar-refractivity contribution in [3.05, 3.63) is 91.0 Å². The lowest BCUT2D eigenvalue weighted by molar-refractivity contribution is -0.120. The molecule has 0 unspecified atom stereocenters. The number of rotatable bonds is 9. The number of amides is 1. The highest BCUT2D eigenvalue weighted by Gasteiger charge is 2.44. The van der Waals surface area contributed by atoms with Crippen LogP contribution in [0, 0.1) is 0 Å². The van der Waals surface area contributed by atoms with Gasteiger partial charge in [-0.15, -0.1) is 0 Å². The summed E-state index contributed by atoms with van der Waals surface area (Å²) in [5.74, 6) is 0.134. The van der Waals surface area contributed by atoms with Crippen LogP contribution in [-0.4, -0.2) is 19.1 Å². The molecule has 0 saturated carbocycles. The Balaban J connectivity index is 1.96. The number of carbonyl (C=O) groups is 1. The summed E-state index contributed by atoms with van der Waals surface area (Å²) in [6.07, 6.45) is 4.87. The van der Waals surface area contributed by atoms with Crippen LogP contribution in [0.25, 0.3) is 0 Å². The number of nitrogens with one attached hydrogen (secondary N) is 1. The standard InChI is InChI=1S/C25H28NOP/c1-26-25(27)20-12-5-13-21-28(22-14-6-2-7-15-22,23-16-8-3-9-17-23)24-18-10-4-11-19-24/h2-4,6-11,14-19H,5,12-13,20-21H2,1H3/p+1. The molecule has 0 aliphatic rings. The van der Waals surface area contributed by atoms with Crippen LogP contribution in [0.4, 0.5) is 0 Å². The molecule has 0 saturated heterocycles. The summed E-state index contributed by atoms with van der Waals surface area (Å²) in [5.41, 5.74) is 0. The van der Waals surface area contributed by atoms with Gasteiger partial charge < -0.3 is 5.32 Å². The number of hydrogen-bond donors (Lipinski definition) is 1. The molecule has 0 radical (unpaired) electrons. The fourth-order valence-electron chi connectivity index (χ4n) is 3.82. The molecule has 0 fully saturated rings. The van der Waals surface area contributed by atoms with Crippen molar-refractivity contribution in [2.45, 2.75) is 25.7 Å². The van der Waals surface area contributed by atoms with Gasteiger partial charge in [-0.1, -0.05) is 54.6 Å². The predicted octanol–water partition coefficient (Wildman–Crippen LogP) is 4.29. The van der Waals surface area contributed by atoms with Crippen molar-refractivity contribution in [3.63, 3.8) is 0 Å². The third kappa shape index (κ3) is 4.69. The van der Waals surface area contributed by atoms with Crippen molar-refractivity contribution in [1.29, 1.82) is 0 Å². The van der Waals surface area contributed by atoms with Crippen molar-refractivity contribution >= 4 is 29.1 Å². The Morgan fingerprint density at radius 3 is 1.50 bits per heavy atom. The average molecular weight is 390 g/mol. The molecule has 0 bridgehead atoms. The zero-order chi connectivity index (χ0) is 19.7. The Hall–Kier alpha value is -2.44. The van der Waals surface area contributed by atoms with Gasteiger partial charge in [0.2, 0.25) is 5.91 Å². The van der Waals surface area contributed by atoms with Gasteiger partial charge in [0, 0.05) is 13.5 Å². The minimum Gasteiger partial charge on any atom is -0.359 e. The Kier molecular flexibility index (Phi) is 7.39. The molecule has 144 valence electrons. The van der Waals surface area contributed by atoms with Gasteiger partial charge in [0.15, 0.2) is 0 Å². The van der Waals surface area contributed by atoms with Gasteiger partial charge >= 0.3 is 0 Å². The molecule has 3 aromatic carbocycles. The lowest BCUT2D eigenvalue weighted by atomic mass is 10.2. The van der Waals surface area contributed by atoms with Gasteiger partial charge in [-0.3, -0.25) is 4.79 Å². The molecule has 3 heteroatoms. The summed E-state index contributed by atoms with van der Waals surface area (Å²) < 4.78 is 0. The van der Waals surface area contributed by atoms with Gasteiger partial charge in [-0.25, -0.2) is 0 Å². The van der Waals surface area contributed by atoms with Crippen molar-refractivity contribution in [2.24, 2.45) is 0 Å². The highest BCUT2D eigenvalue weighted by atomic mass is 31.2. The molecule has 0 aliphatic carbocycles. The molecule has 0 spiro atoms. The Morgan fingerprint density at radius 2 is 1.11 bits per heavy atom. The molecule has 1 N–H and O–H groups in total. The van der Waals surface area contributed by atoms with E-state index in [0.29, 0.717) is 6.42 Å². The van der Waals surface area contributed by atoms with Gasteiger partial charge in [0.25, 0.3) is 0 Å². The molecule has 1 amide bonds. The second kappa shape index (κ2) is 10.2. The zero-order valence-electron chi connectivity index (χ0n) is 16.6. The molecule has 2 nitrogen and oxygen atoms in total. The molecular weight excluding hydrogens is 361 g/mol. The summed E-state index contributed by atoms with van der Waals surface area (Å²) in [6, 6.07) is 33.0. The van der Waals surface area contributed by atoms with Crippen LogP contribution in [0.5, 0.6) is 0 Å². The SMILES string of the molecule is CNC(=O)CCCCC[P+](c1ccccc1)(c1ccccc1)c1ccccc1. The van der Waals surface area contributed by atoms with E-state index in [2.05, 4.69) is 96.3 Å². The first kappa shape index (κ1) is 20.3. The molecule has 3 aromatic rings. The van der Waals surface area contributed by atoms with Gasteiger partial charge in [-0.05, 0) is 55.7 Å². The first-order chi connectivity index (χ1) is 13.8. The van der Waals surface area contributed by atoms with Gasteiger partial charge in [-0.2, -0.15) is 0 Å². The van der Waals surface area contributed by atoms with Crippen molar-refractivity contribution in [2.75, 3.05) is 13.2 Å². The maximum absolute atomic E-state index is 11.5. The summed E-state index contributed by atoms with van der Waals surface area (Å²) in [6.45, 7) is 0. The quantitative estimate of drug-likeness (QED) is 0.429. The van der Waals surface area contributed by atoms with E-state index >= 15 is 0 Å². The molecule has 0 atom stereocenters. The Labute approximate surface area is 169 Å². The molecule has 0 aliphatic heterocycles. The summed E-state index contributed by atoms with van der Waals surface area (Å²) in [5, 5.41) is 7.01. The number of carbonyl (C=O) groups excluding carboxylic acids is 1. The third-order valence-corrected chi connectivity index (χ3v) is 9.79. The third-order valence-electron chi connectivity index (χ3n) is 5.27. The zero-order valence-corrected chi connectivity index (χ0v) is 17.4. The van der Waals surface area contributed by atoms with Gasteiger partial charge in [0.1, 0.15) is 23.2 Å². The molecule has 0 heterocycles.